The summed E-state index contributed by atoms with van der Waals surface area (Å²) in [6.45, 7) is 16.0. The normalized spacial score (nSPS) is 9.64. The average molecular weight is 862 g/mol. The minimum atomic E-state index is 0. The van der Waals surface area contributed by atoms with E-state index in [1.165, 1.54) is 66.8 Å². The van der Waals surface area contributed by atoms with Gasteiger partial charge in [0.05, 0.1) is 1.28 Å². The van der Waals surface area contributed by atoms with Crippen LogP contribution in [0.2, 0.25) is 0 Å². The van der Waals surface area contributed by atoms with Crippen molar-refractivity contribution in [2.24, 2.45) is 0 Å². The maximum Gasteiger partial charge on any atom is 0.0511 e. The molecule has 0 heterocycles. The maximum absolute atomic E-state index is 5.67. The third kappa shape index (κ3) is 18.3. The predicted molar refractivity (Wildman–Crippen MR) is 257 cm³/mol. The fourth-order valence-electron chi connectivity index (χ4n) is 6.87. The first-order valence-corrected chi connectivity index (χ1v) is 21.1. The second-order valence-electron chi connectivity index (χ2n) is 13.1. The van der Waals surface area contributed by atoms with Crippen molar-refractivity contribution in [2.45, 2.75) is 93.9 Å². The fraction of sp³-hybridized carbons (Fsp3) is 0.250. The van der Waals surface area contributed by atoms with E-state index >= 15 is 0 Å². The Labute approximate surface area is 383 Å². The SMILES string of the molecule is CC.CC.CC.CC.[2H]P.[Y].[c-]1cc(Cc2cc(Cc3ccccc3)cc(Cc3ccccc3)c2)cc(Cc2cc(Cc3ccccc3)cc(Cc3ccccc3)c2)c1. The molecule has 301 valence electrons. The van der Waals surface area contributed by atoms with E-state index in [1.54, 1.807) is 9.84 Å². The van der Waals surface area contributed by atoms with Gasteiger partial charge in [0.25, 0.3) is 0 Å². The van der Waals surface area contributed by atoms with E-state index in [0.717, 1.165) is 38.5 Å². The van der Waals surface area contributed by atoms with Gasteiger partial charge in [-0.1, -0.05) is 224 Å². The van der Waals surface area contributed by atoms with Crippen molar-refractivity contribution >= 4 is 9.84 Å². The first kappa shape index (κ1) is 50.2. The zero-order valence-electron chi connectivity index (χ0n) is 37.6. The van der Waals surface area contributed by atoms with E-state index in [2.05, 4.69) is 182 Å². The fourth-order valence-corrected chi connectivity index (χ4v) is 6.87. The van der Waals surface area contributed by atoms with Crippen molar-refractivity contribution in [3.8, 4) is 0 Å². The molecule has 0 aliphatic heterocycles. The summed E-state index contributed by atoms with van der Waals surface area (Å²) in [6.07, 6.45) is 5.53. The molecule has 1 radical (unpaired) electrons. The Bertz CT molecular complexity index is 1800. The van der Waals surface area contributed by atoms with Crippen LogP contribution in [0, 0.1) is 6.07 Å². The Morgan fingerprint density at radius 1 is 0.293 bits per heavy atom. The standard InChI is InChI=1S/C48H41.4C2H6.H3P.Y/c1-5-14-37(15-6-1)24-43-31-44(25-38-16-7-2-8-17-38)34-47(33-43)29-41-22-13-23-42(28-41)30-48-35-45(26-39-18-9-3-10-19-39)32-46(36-48)27-40-20-11-4-12-21-40;4*1-2;;/h1-12,14-23,28,31-36H,24-27,29-30H2;4*1-2H3;1H3;/q-1;;;;;;/i;;;;;1D;. The van der Waals surface area contributed by atoms with Crippen LogP contribution >= 0.6 is 9.84 Å². The van der Waals surface area contributed by atoms with Crippen LogP contribution in [0.15, 0.2) is 176 Å². The van der Waals surface area contributed by atoms with Crippen LogP contribution in [0.1, 0.15) is 122 Å². The predicted octanol–water partition coefficient (Wildman–Crippen LogP) is 15.2. The van der Waals surface area contributed by atoms with Crippen LogP contribution in [0.4, 0.5) is 0 Å². The van der Waals surface area contributed by atoms with Crippen LogP contribution in [0.5, 0.6) is 0 Å². The second kappa shape index (κ2) is 31.1. The van der Waals surface area contributed by atoms with Gasteiger partial charge in [-0.3, -0.25) is 0 Å². The van der Waals surface area contributed by atoms with Crippen LogP contribution in [0.3, 0.4) is 0 Å². The Morgan fingerprint density at radius 3 is 0.672 bits per heavy atom. The van der Waals surface area contributed by atoms with Crippen molar-refractivity contribution in [1.82, 2.24) is 0 Å². The topological polar surface area (TPSA) is 0 Å². The summed E-state index contributed by atoms with van der Waals surface area (Å²) in [6, 6.07) is 67.8. The van der Waals surface area contributed by atoms with E-state index < -0.39 is 0 Å². The molecule has 58 heavy (non-hydrogen) atoms. The zero-order chi connectivity index (χ0) is 42.4. The largest absolute Gasteiger partial charge is 0.183 e. The summed E-state index contributed by atoms with van der Waals surface area (Å²) in [7, 11) is 1.67. The third-order valence-corrected chi connectivity index (χ3v) is 8.95. The quantitative estimate of drug-likeness (QED) is 0.0848. The van der Waals surface area contributed by atoms with Gasteiger partial charge in [-0.15, -0.1) is 0 Å². The van der Waals surface area contributed by atoms with Gasteiger partial charge in [-0.2, -0.15) is 45.2 Å². The van der Waals surface area contributed by atoms with Crippen molar-refractivity contribution in [3.05, 3.63) is 249 Å². The molecule has 0 saturated heterocycles. The van der Waals surface area contributed by atoms with Crippen molar-refractivity contribution < 1.29 is 32.7 Å². The molecule has 0 aromatic heterocycles. The van der Waals surface area contributed by atoms with Gasteiger partial charge in [0, 0.05) is 32.7 Å². The molecule has 1 unspecified atom stereocenters. The summed E-state index contributed by atoms with van der Waals surface area (Å²) in [4.78, 5) is 0. The first-order chi connectivity index (χ1) is 28.7. The van der Waals surface area contributed by atoms with Gasteiger partial charge in [-0.25, -0.2) is 0 Å². The maximum atomic E-state index is 5.67. The molecule has 0 spiro atoms. The van der Waals surface area contributed by atoms with Gasteiger partial charge in [0.1, 0.15) is 0 Å². The molecule has 7 aromatic carbocycles. The van der Waals surface area contributed by atoms with E-state index in [0.29, 0.717) is 0 Å². The summed E-state index contributed by atoms with van der Waals surface area (Å²) in [5, 5.41) is 0. The third-order valence-electron chi connectivity index (χ3n) is 8.95. The summed E-state index contributed by atoms with van der Waals surface area (Å²) in [5.41, 5.74) is 16.2. The molecular weight excluding hydrogens is 792 g/mol. The Kier molecular flexibility index (Phi) is 26.9. The molecule has 7 rings (SSSR count). The van der Waals surface area contributed by atoms with E-state index in [-0.39, 0.29) is 32.7 Å². The van der Waals surface area contributed by atoms with Crippen molar-refractivity contribution in [2.75, 3.05) is 0 Å². The monoisotopic (exact) mass is 861 g/mol. The van der Waals surface area contributed by atoms with E-state index in [1.807, 2.05) is 55.4 Å². The number of benzene rings is 7. The molecule has 0 amide bonds. The van der Waals surface area contributed by atoms with Crippen LogP contribution < -0.4 is 0 Å². The number of hydrogen-bond donors (Lipinski definition) is 0. The number of rotatable bonds is 12. The minimum absolute atomic E-state index is 0. The van der Waals surface area contributed by atoms with Crippen LogP contribution in [-0.4, -0.2) is 1.28 Å². The summed E-state index contributed by atoms with van der Waals surface area (Å²) >= 11 is 0. The molecule has 0 fully saturated rings. The van der Waals surface area contributed by atoms with Crippen molar-refractivity contribution in [3.63, 3.8) is 0 Å². The minimum Gasteiger partial charge on any atom is -0.183 e. The molecule has 0 nitrogen and oxygen atoms in total. The van der Waals surface area contributed by atoms with Crippen molar-refractivity contribution in [1.29, 1.82) is 1.28 Å². The number of hydrogen-bond acceptors (Lipinski definition) is 0. The zero-order valence-corrected chi connectivity index (χ0v) is 40.6. The molecule has 0 aliphatic carbocycles. The van der Waals surface area contributed by atoms with E-state index in [4.69, 9.17) is 1.28 Å². The van der Waals surface area contributed by atoms with Gasteiger partial charge >= 0.3 is 0 Å². The second-order valence-corrected chi connectivity index (χ2v) is 13.1. The summed E-state index contributed by atoms with van der Waals surface area (Å²) < 4.78 is 5.67. The molecule has 0 aliphatic rings. The van der Waals surface area contributed by atoms with Gasteiger partial charge in [0.15, 0.2) is 0 Å². The molecule has 7 aromatic rings. The van der Waals surface area contributed by atoms with E-state index in [9.17, 15) is 0 Å². The van der Waals surface area contributed by atoms with Gasteiger partial charge < -0.3 is 0 Å². The molecular formula is C56H68PY-. The summed E-state index contributed by atoms with van der Waals surface area (Å²) in [5.74, 6) is 0. The van der Waals surface area contributed by atoms with Gasteiger partial charge in [0.2, 0.25) is 0 Å². The molecule has 0 N–H and O–H groups in total. The Morgan fingerprint density at radius 2 is 0.466 bits per heavy atom. The smallest absolute Gasteiger partial charge is 0.0511 e. The Balaban J connectivity index is 0.00000147. The Hall–Kier alpha value is -3.93. The molecule has 0 saturated carbocycles. The molecule has 2 heteroatoms. The van der Waals surface area contributed by atoms with Crippen LogP contribution in [0.25, 0.3) is 0 Å². The average Bonchev–Trinajstić information content (AvgIpc) is 3.28. The molecule has 0 bridgehead atoms. The first-order valence-electron chi connectivity index (χ1n) is 21.7. The van der Waals surface area contributed by atoms with Crippen LogP contribution in [-0.2, 0) is 71.2 Å². The molecule has 1 atom stereocenters. The van der Waals surface area contributed by atoms with Gasteiger partial charge in [-0.05, 0) is 83.0 Å².